The molecule has 2 N–H and O–H groups in total. The molecule has 1 heterocycles. The quantitative estimate of drug-likeness (QED) is 0.696. The van der Waals surface area contributed by atoms with Crippen LogP contribution >= 0.6 is 11.8 Å². The number of nitrogens with one attached hydrogen (secondary N) is 1. The number of hydrogen-bond donors (Lipinski definition) is 2. The molecule has 2 amide bonds. The van der Waals surface area contributed by atoms with Crippen LogP contribution in [-0.2, 0) is 14.4 Å². The summed E-state index contributed by atoms with van der Waals surface area (Å²) in [6.07, 6.45) is 2.11. The van der Waals surface area contributed by atoms with Gasteiger partial charge < -0.3 is 15.3 Å². The lowest BCUT2D eigenvalue weighted by Gasteiger charge is -2.18. The van der Waals surface area contributed by atoms with Gasteiger partial charge in [0.05, 0.1) is 17.5 Å². The van der Waals surface area contributed by atoms with Gasteiger partial charge in [0.25, 0.3) is 0 Å². The highest BCUT2D eigenvalue weighted by atomic mass is 32.2. The maximum Gasteiger partial charge on any atom is 0.306 e. The Hall–Kier alpha value is -1.24. The molecule has 1 saturated heterocycles. The number of thioether (sulfide) groups is 1. The van der Waals surface area contributed by atoms with Crippen LogP contribution in [0.1, 0.15) is 33.1 Å². The SMILES string of the molecule is CC(CCCC(C)C(=O)O)NC(=O)CN1CSCC1=O. The van der Waals surface area contributed by atoms with Crippen molar-refractivity contribution in [3.05, 3.63) is 0 Å². The van der Waals surface area contributed by atoms with Crippen molar-refractivity contribution in [2.75, 3.05) is 18.2 Å². The smallest absolute Gasteiger partial charge is 0.306 e. The lowest BCUT2D eigenvalue weighted by molar-refractivity contribution is -0.141. The average Bonchev–Trinajstić information content (AvgIpc) is 2.74. The summed E-state index contributed by atoms with van der Waals surface area (Å²) < 4.78 is 0. The lowest BCUT2D eigenvalue weighted by Crippen LogP contribution is -2.41. The number of amides is 2. The molecule has 0 saturated carbocycles. The number of carbonyl (C=O) groups is 3. The number of rotatable bonds is 8. The van der Waals surface area contributed by atoms with Crippen molar-refractivity contribution in [3.8, 4) is 0 Å². The molecule has 20 heavy (non-hydrogen) atoms. The summed E-state index contributed by atoms with van der Waals surface area (Å²) in [4.78, 5) is 35.3. The van der Waals surface area contributed by atoms with Crippen LogP contribution in [0.3, 0.4) is 0 Å². The summed E-state index contributed by atoms with van der Waals surface area (Å²) >= 11 is 1.51. The van der Waals surface area contributed by atoms with Crippen LogP contribution in [0.2, 0.25) is 0 Å². The summed E-state index contributed by atoms with van der Waals surface area (Å²) in [5, 5.41) is 11.6. The van der Waals surface area contributed by atoms with Crippen LogP contribution in [0.25, 0.3) is 0 Å². The average molecular weight is 302 g/mol. The second-order valence-electron chi connectivity index (χ2n) is 5.21. The highest BCUT2D eigenvalue weighted by Gasteiger charge is 2.23. The standard InChI is InChI=1S/C13H22N2O4S/c1-9(13(18)19)4-3-5-10(2)14-11(16)6-15-8-20-7-12(15)17/h9-10H,3-8H2,1-2H3,(H,14,16)(H,18,19). The van der Waals surface area contributed by atoms with Gasteiger partial charge in [-0.1, -0.05) is 13.3 Å². The predicted octanol–water partition coefficient (Wildman–Crippen LogP) is 0.915. The number of carboxylic acids is 1. The van der Waals surface area contributed by atoms with Crippen LogP contribution in [-0.4, -0.2) is 52.0 Å². The van der Waals surface area contributed by atoms with Crippen molar-refractivity contribution >= 4 is 29.5 Å². The molecule has 0 radical (unpaired) electrons. The molecule has 0 spiro atoms. The molecule has 0 aromatic carbocycles. The Labute approximate surface area is 123 Å². The third kappa shape index (κ3) is 5.81. The number of hydrogen-bond acceptors (Lipinski definition) is 4. The first-order chi connectivity index (χ1) is 9.40. The Morgan fingerprint density at radius 2 is 2.10 bits per heavy atom. The minimum atomic E-state index is -0.785. The fraction of sp³-hybridized carbons (Fsp3) is 0.769. The molecule has 0 aromatic heterocycles. The van der Waals surface area contributed by atoms with Crippen LogP contribution in [0.5, 0.6) is 0 Å². The van der Waals surface area contributed by atoms with Gasteiger partial charge in [-0.05, 0) is 19.8 Å². The minimum absolute atomic E-state index is 0.00569. The van der Waals surface area contributed by atoms with Crippen LogP contribution < -0.4 is 5.32 Å². The zero-order chi connectivity index (χ0) is 15.1. The highest BCUT2D eigenvalue weighted by Crippen LogP contribution is 2.14. The van der Waals surface area contributed by atoms with Crippen molar-refractivity contribution in [1.82, 2.24) is 10.2 Å². The van der Waals surface area contributed by atoms with Gasteiger partial charge >= 0.3 is 5.97 Å². The van der Waals surface area contributed by atoms with E-state index >= 15 is 0 Å². The predicted molar refractivity (Wildman–Crippen MR) is 77.3 cm³/mol. The zero-order valence-electron chi connectivity index (χ0n) is 11.9. The van der Waals surface area contributed by atoms with E-state index in [1.165, 1.54) is 11.8 Å². The maximum absolute atomic E-state index is 11.8. The first-order valence-corrected chi connectivity index (χ1v) is 7.93. The van der Waals surface area contributed by atoms with Crippen molar-refractivity contribution in [1.29, 1.82) is 0 Å². The summed E-state index contributed by atoms with van der Waals surface area (Å²) in [6, 6.07) is -0.00569. The van der Waals surface area contributed by atoms with E-state index in [9.17, 15) is 14.4 Å². The number of carboxylic acid groups (broad SMARTS) is 1. The van der Waals surface area contributed by atoms with E-state index < -0.39 is 5.97 Å². The van der Waals surface area contributed by atoms with Gasteiger partial charge in [-0.15, -0.1) is 11.8 Å². The summed E-state index contributed by atoms with van der Waals surface area (Å²) in [5.74, 6) is -0.247. The van der Waals surface area contributed by atoms with Crippen molar-refractivity contribution < 1.29 is 19.5 Å². The molecule has 2 unspecified atom stereocenters. The topological polar surface area (TPSA) is 86.7 Å². The van der Waals surface area contributed by atoms with E-state index in [0.717, 1.165) is 12.8 Å². The van der Waals surface area contributed by atoms with E-state index in [-0.39, 0.29) is 30.3 Å². The molecule has 2 atom stereocenters. The third-order valence-corrected chi connectivity index (χ3v) is 4.21. The van der Waals surface area contributed by atoms with Crippen molar-refractivity contribution in [3.63, 3.8) is 0 Å². The largest absolute Gasteiger partial charge is 0.481 e. The van der Waals surface area contributed by atoms with E-state index in [2.05, 4.69) is 5.32 Å². The molecular weight excluding hydrogens is 280 g/mol. The molecular formula is C13H22N2O4S. The van der Waals surface area contributed by atoms with Crippen molar-refractivity contribution in [2.45, 2.75) is 39.2 Å². The van der Waals surface area contributed by atoms with Gasteiger partial charge in [-0.3, -0.25) is 14.4 Å². The fourth-order valence-electron chi connectivity index (χ4n) is 1.96. The molecule has 6 nitrogen and oxygen atoms in total. The molecule has 1 fully saturated rings. The molecule has 0 aliphatic carbocycles. The third-order valence-electron chi connectivity index (χ3n) is 3.26. The molecule has 1 aliphatic rings. The molecule has 1 rings (SSSR count). The number of carbonyl (C=O) groups excluding carboxylic acids is 2. The minimum Gasteiger partial charge on any atom is -0.481 e. The molecule has 1 aliphatic heterocycles. The van der Waals surface area contributed by atoms with E-state index in [1.807, 2.05) is 6.92 Å². The Bertz CT molecular complexity index is 375. The molecule has 114 valence electrons. The van der Waals surface area contributed by atoms with Crippen LogP contribution in [0.4, 0.5) is 0 Å². The lowest BCUT2D eigenvalue weighted by atomic mass is 10.0. The molecule has 0 aromatic rings. The maximum atomic E-state index is 11.8. The van der Waals surface area contributed by atoms with E-state index in [0.29, 0.717) is 18.1 Å². The van der Waals surface area contributed by atoms with Gasteiger partial charge in [0.2, 0.25) is 11.8 Å². The highest BCUT2D eigenvalue weighted by molar-refractivity contribution is 8.00. The van der Waals surface area contributed by atoms with Crippen LogP contribution in [0, 0.1) is 5.92 Å². The van der Waals surface area contributed by atoms with Crippen LogP contribution in [0.15, 0.2) is 0 Å². The second-order valence-corrected chi connectivity index (χ2v) is 6.16. The monoisotopic (exact) mass is 302 g/mol. The van der Waals surface area contributed by atoms with Crippen molar-refractivity contribution in [2.24, 2.45) is 5.92 Å². The summed E-state index contributed by atoms with van der Waals surface area (Å²) in [7, 11) is 0. The number of nitrogens with zero attached hydrogens (tertiary/aromatic N) is 1. The normalized spacial score (nSPS) is 17.9. The summed E-state index contributed by atoms with van der Waals surface area (Å²) in [6.45, 7) is 3.69. The summed E-state index contributed by atoms with van der Waals surface area (Å²) in [5.41, 5.74) is 0. The Morgan fingerprint density at radius 1 is 1.40 bits per heavy atom. The van der Waals surface area contributed by atoms with Gasteiger partial charge in [0, 0.05) is 6.04 Å². The van der Waals surface area contributed by atoms with Gasteiger partial charge in [-0.2, -0.15) is 0 Å². The Kier molecular flexibility index (Phi) is 6.84. The molecule has 7 heteroatoms. The first kappa shape index (κ1) is 16.8. The van der Waals surface area contributed by atoms with Gasteiger partial charge in [0.1, 0.15) is 6.54 Å². The first-order valence-electron chi connectivity index (χ1n) is 6.78. The molecule has 0 bridgehead atoms. The zero-order valence-corrected chi connectivity index (χ0v) is 12.7. The Balaban J connectivity index is 2.18. The second kappa shape index (κ2) is 8.14. The van der Waals surface area contributed by atoms with E-state index in [1.54, 1.807) is 11.8 Å². The van der Waals surface area contributed by atoms with E-state index in [4.69, 9.17) is 5.11 Å². The fourth-order valence-corrected chi connectivity index (χ4v) is 2.86. The Morgan fingerprint density at radius 3 is 2.65 bits per heavy atom. The number of aliphatic carboxylic acids is 1. The van der Waals surface area contributed by atoms with Gasteiger partial charge in [-0.25, -0.2) is 0 Å². The van der Waals surface area contributed by atoms with Gasteiger partial charge in [0.15, 0.2) is 0 Å².